The molecular formula is C13H24N2O3. The molecule has 0 aromatic rings. The first-order valence-corrected chi connectivity index (χ1v) is 6.80. The van der Waals surface area contributed by atoms with Crippen LogP contribution in [0.5, 0.6) is 0 Å². The third-order valence-corrected chi connectivity index (χ3v) is 4.14. The number of nitrogens with one attached hydrogen (secondary N) is 1. The highest BCUT2D eigenvalue weighted by molar-refractivity contribution is 5.80. The summed E-state index contributed by atoms with van der Waals surface area (Å²) in [5.41, 5.74) is -0.621. The standard InChI is InChI=1S/C13H24N2O3/c1-13(17)4-3-6-15(7-5-13)12(16)10-8-18-9-11(10)14-2/h10-11,14,17H,3-9H2,1-2H3. The van der Waals surface area contributed by atoms with Gasteiger partial charge in [-0.1, -0.05) is 0 Å². The molecule has 0 saturated carbocycles. The van der Waals surface area contributed by atoms with E-state index in [4.69, 9.17) is 4.74 Å². The Labute approximate surface area is 108 Å². The highest BCUT2D eigenvalue weighted by atomic mass is 16.5. The lowest BCUT2D eigenvalue weighted by atomic mass is 9.98. The predicted octanol–water partition coefficient (Wildman–Crippen LogP) is -0.0157. The van der Waals surface area contributed by atoms with Gasteiger partial charge in [-0.25, -0.2) is 0 Å². The summed E-state index contributed by atoms with van der Waals surface area (Å²) >= 11 is 0. The van der Waals surface area contributed by atoms with Gasteiger partial charge in [0.1, 0.15) is 0 Å². The second-order valence-electron chi connectivity index (χ2n) is 5.71. The normalized spacial score (nSPS) is 37.6. The van der Waals surface area contributed by atoms with Gasteiger partial charge in [-0.05, 0) is 33.2 Å². The molecule has 2 rings (SSSR count). The Morgan fingerprint density at radius 3 is 2.89 bits per heavy atom. The molecule has 0 radical (unpaired) electrons. The van der Waals surface area contributed by atoms with Gasteiger partial charge in [0.05, 0.1) is 24.7 Å². The van der Waals surface area contributed by atoms with Crippen molar-refractivity contribution >= 4 is 5.91 Å². The summed E-state index contributed by atoms with van der Waals surface area (Å²) in [5.74, 6) is 0.0996. The van der Waals surface area contributed by atoms with Crippen LogP contribution in [0.1, 0.15) is 26.2 Å². The minimum atomic E-state index is -0.621. The van der Waals surface area contributed by atoms with Gasteiger partial charge in [0.15, 0.2) is 0 Å². The van der Waals surface area contributed by atoms with Gasteiger partial charge in [0.25, 0.3) is 0 Å². The Morgan fingerprint density at radius 1 is 1.39 bits per heavy atom. The molecule has 3 unspecified atom stereocenters. The molecule has 3 atom stereocenters. The first-order valence-electron chi connectivity index (χ1n) is 6.80. The minimum absolute atomic E-state index is 0.0713. The molecule has 2 saturated heterocycles. The number of hydrogen-bond acceptors (Lipinski definition) is 4. The number of ether oxygens (including phenoxy) is 1. The molecule has 2 N–H and O–H groups in total. The molecule has 5 heteroatoms. The van der Waals surface area contributed by atoms with Gasteiger partial charge >= 0.3 is 0 Å². The van der Waals surface area contributed by atoms with Crippen molar-refractivity contribution in [2.75, 3.05) is 33.4 Å². The fourth-order valence-electron chi connectivity index (χ4n) is 2.80. The zero-order valence-corrected chi connectivity index (χ0v) is 11.3. The van der Waals surface area contributed by atoms with Crippen LogP contribution in [0, 0.1) is 5.92 Å². The first-order chi connectivity index (χ1) is 8.53. The molecule has 18 heavy (non-hydrogen) atoms. The number of aliphatic hydroxyl groups is 1. The van der Waals surface area contributed by atoms with Crippen molar-refractivity contribution in [1.29, 1.82) is 0 Å². The topological polar surface area (TPSA) is 61.8 Å². The maximum absolute atomic E-state index is 12.5. The highest BCUT2D eigenvalue weighted by Gasteiger charge is 2.37. The summed E-state index contributed by atoms with van der Waals surface area (Å²) in [6.45, 7) is 4.38. The molecule has 2 aliphatic heterocycles. The largest absolute Gasteiger partial charge is 0.390 e. The van der Waals surface area contributed by atoms with E-state index in [1.54, 1.807) is 0 Å². The number of rotatable bonds is 2. The van der Waals surface area contributed by atoms with E-state index in [1.807, 2.05) is 18.9 Å². The smallest absolute Gasteiger partial charge is 0.229 e. The van der Waals surface area contributed by atoms with Gasteiger partial charge in [0.2, 0.25) is 5.91 Å². The molecule has 0 spiro atoms. The lowest BCUT2D eigenvalue weighted by Gasteiger charge is -2.26. The van der Waals surface area contributed by atoms with Crippen molar-refractivity contribution < 1.29 is 14.6 Å². The quantitative estimate of drug-likeness (QED) is 0.729. The summed E-state index contributed by atoms with van der Waals surface area (Å²) in [5, 5.41) is 13.2. The Balaban J connectivity index is 1.96. The molecular weight excluding hydrogens is 232 g/mol. The van der Waals surface area contributed by atoms with Crippen molar-refractivity contribution in [3.8, 4) is 0 Å². The number of likely N-dealkylation sites (tertiary alicyclic amines) is 1. The molecule has 0 bridgehead atoms. The van der Waals surface area contributed by atoms with Crippen molar-refractivity contribution in [1.82, 2.24) is 10.2 Å². The Hall–Kier alpha value is -0.650. The van der Waals surface area contributed by atoms with Gasteiger partial charge in [0, 0.05) is 19.1 Å². The van der Waals surface area contributed by atoms with E-state index in [0.717, 1.165) is 19.4 Å². The lowest BCUT2D eigenvalue weighted by Crippen LogP contribution is -2.45. The monoisotopic (exact) mass is 256 g/mol. The summed E-state index contributed by atoms with van der Waals surface area (Å²) < 4.78 is 5.39. The number of likely N-dealkylation sites (N-methyl/N-ethyl adjacent to an activating group) is 1. The molecule has 0 aliphatic carbocycles. The van der Waals surface area contributed by atoms with Gasteiger partial charge in [-0.3, -0.25) is 4.79 Å². The first kappa shape index (κ1) is 13.8. The van der Waals surface area contributed by atoms with Crippen LogP contribution in [0.3, 0.4) is 0 Å². The van der Waals surface area contributed by atoms with E-state index in [2.05, 4.69) is 5.32 Å². The number of amides is 1. The van der Waals surface area contributed by atoms with Crippen LogP contribution in [-0.2, 0) is 9.53 Å². The van der Waals surface area contributed by atoms with Crippen LogP contribution in [0.4, 0.5) is 0 Å². The van der Waals surface area contributed by atoms with Crippen molar-refractivity contribution in [3.05, 3.63) is 0 Å². The maximum Gasteiger partial charge on any atom is 0.229 e. The van der Waals surface area contributed by atoms with Crippen molar-refractivity contribution in [3.63, 3.8) is 0 Å². The fraction of sp³-hybridized carbons (Fsp3) is 0.923. The van der Waals surface area contributed by atoms with Crippen LogP contribution in [0.15, 0.2) is 0 Å². The third-order valence-electron chi connectivity index (χ3n) is 4.14. The molecule has 1 amide bonds. The van der Waals surface area contributed by atoms with E-state index in [-0.39, 0.29) is 17.9 Å². The average molecular weight is 256 g/mol. The van der Waals surface area contributed by atoms with Crippen molar-refractivity contribution in [2.45, 2.75) is 37.8 Å². The number of carbonyl (C=O) groups excluding carboxylic acids is 1. The van der Waals surface area contributed by atoms with E-state index in [0.29, 0.717) is 26.2 Å². The van der Waals surface area contributed by atoms with Crippen LogP contribution in [0.25, 0.3) is 0 Å². The molecule has 104 valence electrons. The summed E-state index contributed by atoms with van der Waals surface area (Å²) in [4.78, 5) is 14.4. The molecule has 2 heterocycles. The second-order valence-corrected chi connectivity index (χ2v) is 5.71. The molecule has 0 aromatic heterocycles. The third kappa shape index (κ3) is 3.02. The summed E-state index contributed by atoms with van der Waals surface area (Å²) in [7, 11) is 1.87. The number of nitrogens with zero attached hydrogens (tertiary/aromatic N) is 1. The fourth-order valence-corrected chi connectivity index (χ4v) is 2.80. The Morgan fingerprint density at radius 2 is 2.17 bits per heavy atom. The van der Waals surface area contributed by atoms with E-state index >= 15 is 0 Å². The average Bonchev–Trinajstić information content (AvgIpc) is 2.73. The van der Waals surface area contributed by atoms with Crippen LogP contribution < -0.4 is 5.32 Å². The van der Waals surface area contributed by atoms with E-state index in [9.17, 15) is 9.90 Å². The van der Waals surface area contributed by atoms with Crippen molar-refractivity contribution in [2.24, 2.45) is 5.92 Å². The zero-order chi connectivity index (χ0) is 13.2. The Bertz CT molecular complexity index is 307. The SMILES string of the molecule is CNC1COCC1C(=O)N1CCCC(C)(O)CC1. The molecule has 2 aliphatic rings. The van der Waals surface area contributed by atoms with Gasteiger partial charge in [-0.2, -0.15) is 0 Å². The van der Waals surface area contributed by atoms with Crippen LogP contribution in [0.2, 0.25) is 0 Å². The van der Waals surface area contributed by atoms with Crippen LogP contribution in [-0.4, -0.2) is 60.9 Å². The van der Waals surface area contributed by atoms with E-state index < -0.39 is 5.60 Å². The Kier molecular flexibility index (Phi) is 4.25. The molecule has 2 fully saturated rings. The maximum atomic E-state index is 12.5. The van der Waals surface area contributed by atoms with Crippen LogP contribution >= 0.6 is 0 Å². The summed E-state index contributed by atoms with van der Waals surface area (Å²) in [6, 6.07) is 0.126. The number of carbonyl (C=O) groups is 1. The molecule has 5 nitrogen and oxygen atoms in total. The van der Waals surface area contributed by atoms with E-state index in [1.165, 1.54) is 0 Å². The minimum Gasteiger partial charge on any atom is -0.390 e. The predicted molar refractivity (Wildman–Crippen MR) is 68.2 cm³/mol. The van der Waals surface area contributed by atoms with Gasteiger partial charge in [-0.15, -0.1) is 0 Å². The van der Waals surface area contributed by atoms with Gasteiger partial charge < -0.3 is 20.1 Å². The molecule has 0 aromatic carbocycles. The summed E-state index contributed by atoms with van der Waals surface area (Å²) in [6.07, 6.45) is 2.31. The number of hydrogen-bond donors (Lipinski definition) is 2. The second kappa shape index (κ2) is 5.55. The highest BCUT2D eigenvalue weighted by Crippen LogP contribution is 2.24. The lowest BCUT2D eigenvalue weighted by molar-refractivity contribution is -0.136. The zero-order valence-electron chi connectivity index (χ0n) is 11.3.